The molecule has 0 unspecified atom stereocenters. The number of nitrogens with zero attached hydrogens (tertiary/aromatic N) is 1. The van der Waals surface area contributed by atoms with E-state index in [1.807, 2.05) is 30.3 Å². The number of hydrogen-bond donors (Lipinski definition) is 2. The van der Waals surface area contributed by atoms with E-state index in [9.17, 15) is 4.79 Å². The number of methoxy groups -OCH3 is 1. The molecule has 0 aliphatic heterocycles. The van der Waals surface area contributed by atoms with Crippen LogP contribution in [0.15, 0.2) is 71.1 Å². The van der Waals surface area contributed by atoms with Crippen molar-refractivity contribution < 1.29 is 13.9 Å². The zero-order valence-electron chi connectivity index (χ0n) is 18.0. The number of thiocarbonyl (C=S) groups is 1. The number of amides is 1. The summed E-state index contributed by atoms with van der Waals surface area (Å²) in [6, 6.07) is 20.4. The van der Waals surface area contributed by atoms with Crippen LogP contribution in [0.4, 0.5) is 5.69 Å². The van der Waals surface area contributed by atoms with Crippen LogP contribution >= 0.6 is 12.2 Å². The van der Waals surface area contributed by atoms with Crippen LogP contribution in [0.2, 0.25) is 0 Å². The molecular weight excluding hydrogens is 422 g/mol. The summed E-state index contributed by atoms with van der Waals surface area (Å²) in [4.78, 5) is 17.1. The Balaban J connectivity index is 1.48. The Labute approximate surface area is 191 Å². The van der Waals surface area contributed by atoms with Gasteiger partial charge < -0.3 is 14.5 Å². The van der Waals surface area contributed by atoms with Crippen LogP contribution in [-0.2, 0) is 0 Å². The number of benzene rings is 3. The van der Waals surface area contributed by atoms with Gasteiger partial charge in [0.15, 0.2) is 10.7 Å². The van der Waals surface area contributed by atoms with Crippen molar-refractivity contribution >= 4 is 40.0 Å². The van der Waals surface area contributed by atoms with Gasteiger partial charge in [-0.3, -0.25) is 10.1 Å². The number of nitrogens with one attached hydrogen (secondary N) is 2. The van der Waals surface area contributed by atoms with Gasteiger partial charge in [0.05, 0.1) is 7.11 Å². The van der Waals surface area contributed by atoms with Crippen LogP contribution in [0, 0.1) is 0 Å². The van der Waals surface area contributed by atoms with Crippen LogP contribution in [0.25, 0.3) is 22.6 Å². The molecule has 6 nitrogen and oxygen atoms in total. The number of oxazole rings is 1. The van der Waals surface area contributed by atoms with Gasteiger partial charge in [-0.05, 0) is 72.2 Å². The molecule has 0 bridgehead atoms. The van der Waals surface area contributed by atoms with Crippen molar-refractivity contribution in [2.75, 3.05) is 12.4 Å². The van der Waals surface area contributed by atoms with E-state index in [1.54, 1.807) is 31.4 Å². The number of fused-ring (bicyclic) bond motifs is 1. The molecule has 4 aromatic rings. The minimum Gasteiger partial charge on any atom is -0.497 e. The Morgan fingerprint density at radius 3 is 2.66 bits per heavy atom. The second-order valence-electron chi connectivity index (χ2n) is 7.62. The molecule has 4 rings (SSSR count). The fourth-order valence-corrected chi connectivity index (χ4v) is 3.47. The van der Waals surface area contributed by atoms with Crippen LogP contribution in [0.3, 0.4) is 0 Å². The first kappa shape index (κ1) is 21.5. The fraction of sp³-hybridized carbons (Fsp3) is 0.160. The molecule has 0 fully saturated rings. The van der Waals surface area contributed by atoms with E-state index in [-0.39, 0.29) is 11.0 Å². The Hall–Kier alpha value is -3.71. The molecule has 32 heavy (non-hydrogen) atoms. The number of aromatic nitrogens is 1. The topological polar surface area (TPSA) is 76.4 Å². The van der Waals surface area contributed by atoms with Crippen LogP contribution in [-0.4, -0.2) is 23.1 Å². The lowest BCUT2D eigenvalue weighted by Crippen LogP contribution is -2.34. The van der Waals surface area contributed by atoms with E-state index in [0.29, 0.717) is 28.8 Å². The predicted molar refractivity (Wildman–Crippen MR) is 130 cm³/mol. The molecule has 1 heterocycles. The lowest BCUT2D eigenvalue weighted by Gasteiger charge is -2.10. The number of carbonyl (C=O) groups is 1. The number of ether oxygens (including phenoxy) is 1. The SMILES string of the molecule is COc1cccc(C(=O)NC(=S)Nc2cccc(-c3nc4cc(C(C)C)ccc4o3)c2)c1. The summed E-state index contributed by atoms with van der Waals surface area (Å²) in [7, 11) is 1.55. The average Bonchev–Trinajstić information content (AvgIpc) is 3.22. The lowest BCUT2D eigenvalue weighted by atomic mass is 10.0. The summed E-state index contributed by atoms with van der Waals surface area (Å²) < 4.78 is 11.1. The first-order chi connectivity index (χ1) is 15.4. The Morgan fingerprint density at radius 2 is 1.88 bits per heavy atom. The number of carbonyl (C=O) groups excluding carboxylic acids is 1. The molecule has 3 aromatic carbocycles. The van der Waals surface area contributed by atoms with Crippen molar-refractivity contribution in [1.82, 2.24) is 10.3 Å². The molecular formula is C25H23N3O3S. The molecule has 1 amide bonds. The zero-order chi connectivity index (χ0) is 22.7. The van der Waals surface area contributed by atoms with Crippen molar-refractivity contribution in [3.63, 3.8) is 0 Å². The van der Waals surface area contributed by atoms with Gasteiger partial charge >= 0.3 is 0 Å². The molecule has 0 atom stereocenters. The van der Waals surface area contributed by atoms with Gasteiger partial charge in [0.1, 0.15) is 11.3 Å². The highest BCUT2D eigenvalue weighted by Crippen LogP contribution is 2.28. The Bertz CT molecular complexity index is 1300. The molecule has 162 valence electrons. The van der Waals surface area contributed by atoms with E-state index in [2.05, 4.69) is 41.6 Å². The van der Waals surface area contributed by atoms with Crippen LogP contribution in [0.5, 0.6) is 5.75 Å². The average molecular weight is 446 g/mol. The number of rotatable bonds is 5. The monoisotopic (exact) mass is 445 g/mol. The molecule has 7 heteroatoms. The largest absolute Gasteiger partial charge is 0.497 e. The van der Waals surface area contributed by atoms with Gasteiger partial charge in [0.2, 0.25) is 5.89 Å². The van der Waals surface area contributed by atoms with Crippen LogP contribution in [0.1, 0.15) is 35.7 Å². The maximum absolute atomic E-state index is 12.5. The molecule has 0 radical (unpaired) electrons. The van der Waals surface area contributed by atoms with Gasteiger partial charge in [-0.15, -0.1) is 0 Å². The second kappa shape index (κ2) is 9.20. The summed E-state index contributed by atoms with van der Waals surface area (Å²) in [5.74, 6) is 1.22. The molecule has 1 aromatic heterocycles. The molecule has 0 aliphatic carbocycles. The lowest BCUT2D eigenvalue weighted by molar-refractivity contribution is 0.0977. The summed E-state index contributed by atoms with van der Waals surface area (Å²) in [6.45, 7) is 4.29. The van der Waals surface area contributed by atoms with Gasteiger partial charge in [-0.25, -0.2) is 4.98 Å². The van der Waals surface area contributed by atoms with Crippen molar-refractivity contribution in [2.24, 2.45) is 0 Å². The summed E-state index contributed by atoms with van der Waals surface area (Å²) in [6.07, 6.45) is 0. The van der Waals surface area contributed by atoms with Crippen molar-refractivity contribution in [2.45, 2.75) is 19.8 Å². The standard InChI is InChI=1S/C25H23N3O3S/c1-15(2)16-10-11-22-21(14-16)27-24(31-22)18-7-4-8-19(12-18)26-25(32)28-23(29)17-6-5-9-20(13-17)30-3/h4-15H,1-3H3,(H2,26,28,29,32). The summed E-state index contributed by atoms with van der Waals surface area (Å²) >= 11 is 5.31. The number of hydrogen-bond acceptors (Lipinski definition) is 5. The third-order valence-electron chi connectivity index (χ3n) is 5.00. The van der Waals surface area contributed by atoms with E-state index < -0.39 is 0 Å². The Morgan fingerprint density at radius 1 is 1.06 bits per heavy atom. The zero-order valence-corrected chi connectivity index (χ0v) is 18.8. The summed E-state index contributed by atoms with van der Waals surface area (Å²) in [5, 5.41) is 5.91. The van der Waals surface area contributed by atoms with E-state index >= 15 is 0 Å². The summed E-state index contributed by atoms with van der Waals surface area (Å²) in [5.41, 5.74) is 4.75. The van der Waals surface area contributed by atoms with E-state index in [4.69, 9.17) is 21.4 Å². The van der Waals surface area contributed by atoms with Crippen LogP contribution < -0.4 is 15.4 Å². The van der Waals surface area contributed by atoms with E-state index in [1.165, 1.54) is 5.56 Å². The third kappa shape index (κ3) is 4.78. The highest BCUT2D eigenvalue weighted by molar-refractivity contribution is 7.80. The number of anilines is 1. The van der Waals surface area contributed by atoms with Gasteiger partial charge in [-0.1, -0.05) is 32.0 Å². The Kier molecular flexibility index (Phi) is 6.18. The fourth-order valence-electron chi connectivity index (χ4n) is 3.26. The minimum atomic E-state index is -0.322. The second-order valence-corrected chi connectivity index (χ2v) is 8.03. The molecule has 0 aliphatic rings. The predicted octanol–water partition coefficient (Wildman–Crippen LogP) is 5.75. The first-order valence-electron chi connectivity index (χ1n) is 10.2. The minimum absolute atomic E-state index is 0.189. The molecule has 0 spiro atoms. The van der Waals surface area contributed by atoms with Crippen molar-refractivity contribution in [3.8, 4) is 17.2 Å². The van der Waals surface area contributed by atoms with E-state index in [0.717, 1.165) is 16.7 Å². The molecule has 2 N–H and O–H groups in total. The highest BCUT2D eigenvalue weighted by atomic mass is 32.1. The maximum Gasteiger partial charge on any atom is 0.257 e. The van der Waals surface area contributed by atoms with Gasteiger partial charge in [-0.2, -0.15) is 0 Å². The molecule has 0 saturated heterocycles. The highest BCUT2D eigenvalue weighted by Gasteiger charge is 2.12. The maximum atomic E-state index is 12.5. The van der Waals surface area contributed by atoms with Crippen molar-refractivity contribution in [1.29, 1.82) is 0 Å². The smallest absolute Gasteiger partial charge is 0.257 e. The van der Waals surface area contributed by atoms with Gasteiger partial charge in [0.25, 0.3) is 5.91 Å². The third-order valence-corrected chi connectivity index (χ3v) is 5.21. The van der Waals surface area contributed by atoms with Gasteiger partial charge in [0, 0.05) is 16.8 Å². The quantitative estimate of drug-likeness (QED) is 0.381. The molecule has 0 saturated carbocycles. The first-order valence-corrected chi connectivity index (χ1v) is 10.6. The van der Waals surface area contributed by atoms with Crippen molar-refractivity contribution in [3.05, 3.63) is 77.9 Å². The normalized spacial score (nSPS) is 10.9.